The second kappa shape index (κ2) is 9.71. The van der Waals surface area contributed by atoms with Gasteiger partial charge in [0.2, 0.25) is 5.69 Å². The number of aromatic nitrogens is 2. The number of rotatable bonds is 7. The molecule has 0 atom stereocenters. The zero-order chi connectivity index (χ0) is 21.5. The molecule has 0 saturated carbocycles. The number of nitrogens with zero attached hydrogens (tertiary/aromatic N) is 2. The van der Waals surface area contributed by atoms with Crippen molar-refractivity contribution in [3.05, 3.63) is 81.7 Å². The highest BCUT2D eigenvalue weighted by Crippen LogP contribution is 2.17. The van der Waals surface area contributed by atoms with Crippen molar-refractivity contribution in [3.8, 4) is 11.4 Å². The van der Waals surface area contributed by atoms with Crippen molar-refractivity contribution in [3.63, 3.8) is 0 Å². The van der Waals surface area contributed by atoms with E-state index < -0.39 is 24.0 Å². The van der Waals surface area contributed by atoms with Crippen LogP contribution < -0.4 is 15.6 Å². The van der Waals surface area contributed by atoms with Gasteiger partial charge in [0.05, 0.1) is 18.4 Å². The van der Waals surface area contributed by atoms with Crippen LogP contribution in [0.3, 0.4) is 0 Å². The molecule has 0 aliphatic heterocycles. The van der Waals surface area contributed by atoms with Gasteiger partial charge < -0.3 is 14.8 Å². The SMILES string of the molecule is CCOC(=O)c1nn(-c2ccccc2)c(=O)cc1OCC(=O)Nc1cccc(Cl)c1. The largest absolute Gasteiger partial charge is 0.481 e. The minimum absolute atomic E-state index is 0.111. The van der Waals surface area contributed by atoms with Gasteiger partial charge in [0, 0.05) is 10.7 Å². The zero-order valence-electron chi connectivity index (χ0n) is 16.0. The summed E-state index contributed by atoms with van der Waals surface area (Å²) in [7, 11) is 0. The predicted molar refractivity (Wildman–Crippen MR) is 111 cm³/mol. The number of para-hydroxylation sites is 1. The zero-order valence-corrected chi connectivity index (χ0v) is 16.8. The van der Waals surface area contributed by atoms with Gasteiger partial charge in [0.25, 0.3) is 11.5 Å². The Balaban J connectivity index is 1.84. The first-order valence-corrected chi connectivity index (χ1v) is 9.41. The van der Waals surface area contributed by atoms with Gasteiger partial charge in [-0.05, 0) is 37.3 Å². The first-order chi connectivity index (χ1) is 14.5. The van der Waals surface area contributed by atoms with Gasteiger partial charge in [-0.3, -0.25) is 9.59 Å². The van der Waals surface area contributed by atoms with Crippen molar-refractivity contribution in [2.75, 3.05) is 18.5 Å². The van der Waals surface area contributed by atoms with Crippen molar-refractivity contribution in [1.29, 1.82) is 0 Å². The van der Waals surface area contributed by atoms with E-state index in [-0.39, 0.29) is 18.1 Å². The van der Waals surface area contributed by atoms with E-state index in [1.807, 2.05) is 0 Å². The molecule has 3 rings (SSSR count). The summed E-state index contributed by atoms with van der Waals surface area (Å²) in [6.07, 6.45) is 0. The molecule has 0 spiro atoms. The van der Waals surface area contributed by atoms with Crippen LogP contribution in [0, 0.1) is 0 Å². The van der Waals surface area contributed by atoms with Crippen LogP contribution in [0.15, 0.2) is 65.5 Å². The summed E-state index contributed by atoms with van der Waals surface area (Å²) in [5, 5.41) is 7.17. The molecule has 1 N–H and O–H groups in total. The van der Waals surface area contributed by atoms with E-state index in [1.54, 1.807) is 61.5 Å². The fourth-order valence-electron chi connectivity index (χ4n) is 2.55. The maximum atomic E-state index is 12.5. The number of anilines is 1. The van der Waals surface area contributed by atoms with E-state index >= 15 is 0 Å². The Bertz CT molecular complexity index is 1120. The lowest BCUT2D eigenvalue weighted by molar-refractivity contribution is -0.118. The Labute approximate surface area is 177 Å². The van der Waals surface area contributed by atoms with Crippen LogP contribution in [0.25, 0.3) is 5.69 Å². The van der Waals surface area contributed by atoms with E-state index in [9.17, 15) is 14.4 Å². The van der Waals surface area contributed by atoms with Crippen molar-refractivity contribution in [2.45, 2.75) is 6.92 Å². The van der Waals surface area contributed by atoms with Crippen LogP contribution in [-0.2, 0) is 9.53 Å². The number of carbonyl (C=O) groups is 2. The Morgan fingerprint density at radius 3 is 2.57 bits per heavy atom. The monoisotopic (exact) mass is 427 g/mol. The third-order valence-corrected chi connectivity index (χ3v) is 4.07. The molecule has 1 aromatic heterocycles. The fraction of sp³-hybridized carbons (Fsp3) is 0.143. The summed E-state index contributed by atoms with van der Waals surface area (Å²) in [4.78, 5) is 37.0. The van der Waals surface area contributed by atoms with Crippen LogP contribution >= 0.6 is 11.6 Å². The molecule has 0 aliphatic carbocycles. The Morgan fingerprint density at radius 1 is 1.10 bits per heavy atom. The second-order valence-corrected chi connectivity index (χ2v) is 6.45. The van der Waals surface area contributed by atoms with Gasteiger partial charge in [-0.2, -0.15) is 9.78 Å². The number of benzene rings is 2. The average molecular weight is 428 g/mol. The van der Waals surface area contributed by atoms with Crippen molar-refractivity contribution >= 4 is 29.2 Å². The Morgan fingerprint density at radius 2 is 1.87 bits per heavy atom. The number of carbonyl (C=O) groups excluding carboxylic acids is 2. The molecular formula is C21H18ClN3O5. The molecule has 0 bridgehead atoms. The highest BCUT2D eigenvalue weighted by atomic mass is 35.5. The quantitative estimate of drug-likeness (QED) is 0.582. The lowest BCUT2D eigenvalue weighted by Gasteiger charge is -2.12. The van der Waals surface area contributed by atoms with Gasteiger partial charge in [-0.25, -0.2) is 4.79 Å². The molecule has 0 fully saturated rings. The number of amides is 1. The van der Waals surface area contributed by atoms with E-state index in [1.165, 1.54) is 0 Å². The highest BCUT2D eigenvalue weighted by molar-refractivity contribution is 6.30. The fourth-order valence-corrected chi connectivity index (χ4v) is 2.74. The Kier molecular flexibility index (Phi) is 6.82. The summed E-state index contributed by atoms with van der Waals surface area (Å²) in [6.45, 7) is 1.30. The molecule has 2 aromatic carbocycles. The van der Waals surface area contributed by atoms with Gasteiger partial charge in [-0.15, -0.1) is 0 Å². The summed E-state index contributed by atoms with van der Waals surface area (Å²) >= 11 is 5.89. The number of esters is 1. The first-order valence-electron chi connectivity index (χ1n) is 9.03. The van der Waals surface area contributed by atoms with Crippen molar-refractivity contribution in [2.24, 2.45) is 0 Å². The molecular weight excluding hydrogens is 410 g/mol. The molecule has 9 heteroatoms. The van der Waals surface area contributed by atoms with Gasteiger partial charge in [-0.1, -0.05) is 35.9 Å². The summed E-state index contributed by atoms with van der Waals surface area (Å²) in [5.41, 5.74) is 0.216. The smallest absolute Gasteiger partial charge is 0.362 e. The topological polar surface area (TPSA) is 99.5 Å². The highest BCUT2D eigenvalue weighted by Gasteiger charge is 2.20. The number of hydrogen-bond donors (Lipinski definition) is 1. The number of hydrogen-bond acceptors (Lipinski definition) is 6. The van der Waals surface area contributed by atoms with E-state index in [0.717, 1.165) is 10.7 Å². The van der Waals surface area contributed by atoms with Crippen molar-refractivity contribution < 1.29 is 19.1 Å². The maximum Gasteiger partial charge on any atom is 0.362 e. The Hall–Kier alpha value is -3.65. The van der Waals surface area contributed by atoms with Gasteiger partial charge in [0.1, 0.15) is 0 Å². The molecule has 8 nitrogen and oxygen atoms in total. The van der Waals surface area contributed by atoms with E-state index in [0.29, 0.717) is 16.4 Å². The maximum absolute atomic E-state index is 12.5. The first kappa shape index (κ1) is 21.1. The molecule has 0 unspecified atom stereocenters. The lowest BCUT2D eigenvalue weighted by Crippen LogP contribution is -2.27. The van der Waals surface area contributed by atoms with Gasteiger partial charge in [0.15, 0.2) is 12.4 Å². The minimum atomic E-state index is -0.771. The number of ether oxygens (including phenoxy) is 2. The summed E-state index contributed by atoms with van der Waals surface area (Å²) in [5.74, 6) is -1.42. The molecule has 154 valence electrons. The molecule has 1 heterocycles. The lowest BCUT2D eigenvalue weighted by atomic mass is 10.3. The number of nitrogens with one attached hydrogen (secondary N) is 1. The van der Waals surface area contributed by atoms with E-state index in [2.05, 4.69) is 10.4 Å². The standard InChI is InChI=1S/C21H18ClN3O5/c1-2-29-21(28)20-17(12-19(27)25(24-20)16-9-4-3-5-10-16)30-13-18(26)23-15-8-6-7-14(22)11-15/h3-12H,2,13H2,1H3,(H,23,26). The normalized spacial score (nSPS) is 10.3. The summed E-state index contributed by atoms with van der Waals surface area (Å²) in [6, 6.07) is 16.3. The molecule has 1 amide bonds. The second-order valence-electron chi connectivity index (χ2n) is 6.01. The number of halogens is 1. The predicted octanol–water partition coefficient (Wildman–Crippen LogP) is 3.08. The summed E-state index contributed by atoms with van der Waals surface area (Å²) < 4.78 is 11.5. The van der Waals surface area contributed by atoms with Crippen LogP contribution in [0.1, 0.15) is 17.4 Å². The third-order valence-electron chi connectivity index (χ3n) is 3.83. The molecule has 3 aromatic rings. The van der Waals surface area contributed by atoms with Crippen LogP contribution in [0.2, 0.25) is 5.02 Å². The minimum Gasteiger partial charge on any atom is -0.481 e. The van der Waals surface area contributed by atoms with E-state index in [4.69, 9.17) is 21.1 Å². The molecule has 0 radical (unpaired) electrons. The van der Waals surface area contributed by atoms with Crippen molar-refractivity contribution in [1.82, 2.24) is 9.78 Å². The average Bonchev–Trinajstić information content (AvgIpc) is 2.73. The van der Waals surface area contributed by atoms with Crippen LogP contribution in [0.5, 0.6) is 5.75 Å². The third kappa shape index (κ3) is 5.24. The van der Waals surface area contributed by atoms with Crippen LogP contribution in [-0.4, -0.2) is 34.9 Å². The molecule has 0 saturated heterocycles. The molecule has 0 aliphatic rings. The molecule has 30 heavy (non-hydrogen) atoms. The van der Waals surface area contributed by atoms with Gasteiger partial charge >= 0.3 is 5.97 Å². The van der Waals surface area contributed by atoms with Crippen LogP contribution in [0.4, 0.5) is 5.69 Å².